The van der Waals surface area contributed by atoms with E-state index in [-0.39, 0.29) is 12.7 Å². The molecule has 0 bridgehead atoms. The maximum Gasteiger partial charge on any atom is 0.0781 e. The number of rotatable bonds is 14. The lowest BCUT2D eigenvalue weighted by Crippen LogP contribution is -2.18. The molecule has 1 unspecified atom stereocenters. The fourth-order valence-electron chi connectivity index (χ4n) is 1.89. The lowest BCUT2D eigenvalue weighted by Gasteiger charge is -2.12. The topological polar surface area (TPSA) is 38.7 Å². The van der Waals surface area contributed by atoms with Crippen molar-refractivity contribution in [1.29, 1.82) is 0 Å². The van der Waals surface area contributed by atoms with E-state index in [4.69, 9.17) is 14.6 Å². The van der Waals surface area contributed by atoms with Crippen LogP contribution in [0.5, 0.6) is 0 Å². The van der Waals surface area contributed by atoms with Crippen molar-refractivity contribution in [1.82, 2.24) is 0 Å². The van der Waals surface area contributed by atoms with Crippen LogP contribution >= 0.6 is 0 Å². The van der Waals surface area contributed by atoms with Gasteiger partial charge in [-0.05, 0) is 13.3 Å². The average Bonchev–Trinajstić information content (AvgIpc) is 2.38. The average molecular weight is 260 g/mol. The number of aliphatic hydroxyl groups excluding tert-OH is 1. The van der Waals surface area contributed by atoms with Crippen LogP contribution in [-0.4, -0.2) is 37.6 Å². The molecule has 18 heavy (non-hydrogen) atoms. The minimum absolute atomic E-state index is 0.0857. The summed E-state index contributed by atoms with van der Waals surface area (Å²) in [7, 11) is 0. The van der Waals surface area contributed by atoms with Crippen LogP contribution in [0.2, 0.25) is 0 Å². The Labute approximate surface area is 113 Å². The van der Waals surface area contributed by atoms with Gasteiger partial charge in [0.25, 0.3) is 0 Å². The molecule has 0 radical (unpaired) electrons. The molecule has 0 aliphatic carbocycles. The van der Waals surface area contributed by atoms with E-state index in [1.54, 1.807) is 0 Å². The third kappa shape index (κ3) is 13.9. The van der Waals surface area contributed by atoms with Crippen LogP contribution in [-0.2, 0) is 9.47 Å². The van der Waals surface area contributed by atoms with E-state index in [0.717, 1.165) is 13.0 Å². The summed E-state index contributed by atoms with van der Waals surface area (Å²) in [6, 6.07) is 0. The first kappa shape index (κ1) is 17.9. The normalized spacial score (nSPS) is 12.8. The molecule has 0 amide bonds. The maximum absolute atomic E-state index is 8.60. The number of hydrogen-bond acceptors (Lipinski definition) is 3. The molecule has 0 aromatic rings. The molecule has 0 saturated heterocycles. The summed E-state index contributed by atoms with van der Waals surface area (Å²) < 4.78 is 10.8. The summed E-state index contributed by atoms with van der Waals surface area (Å²) >= 11 is 0. The molecule has 1 atom stereocenters. The molecule has 0 aliphatic rings. The first-order valence-electron chi connectivity index (χ1n) is 7.61. The van der Waals surface area contributed by atoms with Crippen LogP contribution in [0, 0.1) is 0 Å². The molecule has 0 saturated carbocycles. The third-order valence-electron chi connectivity index (χ3n) is 2.99. The molecule has 0 fully saturated rings. The van der Waals surface area contributed by atoms with Gasteiger partial charge < -0.3 is 14.6 Å². The van der Waals surface area contributed by atoms with Crippen molar-refractivity contribution in [2.75, 3.05) is 26.4 Å². The van der Waals surface area contributed by atoms with Gasteiger partial charge in [-0.15, -0.1) is 0 Å². The van der Waals surface area contributed by atoms with Crippen molar-refractivity contribution in [3.63, 3.8) is 0 Å². The highest BCUT2D eigenvalue weighted by molar-refractivity contribution is 4.49. The van der Waals surface area contributed by atoms with Crippen LogP contribution in [0.25, 0.3) is 0 Å². The van der Waals surface area contributed by atoms with E-state index in [2.05, 4.69) is 6.92 Å². The molecule has 3 heteroatoms. The van der Waals surface area contributed by atoms with Gasteiger partial charge in [0, 0.05) is 6.61 Å². The Bertz CT molecular complexity index is 151. The first-order valence-corrected chi connectivity index (χ1v) is 7.61. The van der Waals surface area contributed by atoms with Gasteiger partial charge in [0.15, 0.2) is 0 Å². The minimum Gasteiger partial charge on any atom is -0.394 e. The predicted molar refractivity (Wildman–Crippen MR) is 75.9 cm³/mol. The summed E-state index contributed by atoms with van der Waals surface area (Å²) in [5.41, 5.74) is 0. The van der Waals surface area contributed by atoms with Crippen molar-refractivity contribution in [2.24, 2.45) is 0 Å². The van der Waals surface area contributed by atoms with E-state index in [1.165, 1.54) is 44.9 Å². The van der Waals surface area contributed by atoms with Crippen LogP contribution in [0.4, 0.5) is 0 Å². The van der Waals surface area contributed by atoms with Gasteiger partial charge >= 0.3 is 0 Å². The maximum atomic E-state index is 8.60. The van der Waals surface area contributed by atoms with Crippen LogP contribution in [0.3, 0.4) is 0 Å². The van der Waals surface area contributed by atoms with Crippen molar-refractivity contribution in [3.8, 4) is 0 Å². The smallest absolute Gasteiger partial charge is 0.0781 e. The lowest BCUT2D eigenvalue weighted by atomic mass is 10.1. The second-order valence-electron chi connectivity index (χ2n) is 4.95. The van der Waals surface area contributed by atoms with Gasteiger partial charge in [-0.1, -0.05) is 51.9 Å². The minimum atomic E-state index is 0.0857. The van der Waals surface area contributed by atoms with Crippen molar-refractivity contribution in [2.45, 2.75) is 71.3 Å². The Morgan fingerprint density at radius 3 is 2.11 bits per heavy atom. The second kappa shape index (κ2) is 14.9. The van der Waals surface area contributed by atoms with Crippen molar-refractivity contribution in [3.05, 3.63) is 0 Å². The lowest BCUT2D eigenvalue weighted by molar-refractivity contribution is -0.0189. The van der Waals surface area contributed by atoms with Crippen LogP contribution in [0.15, 0.2) is 0 Å². The summed E-state index contributed by atoms with van der Waals surface area (Å²) in [6.07, 6.45) is 10.7. The highest BCUT2D eigenvalue weighted by Gasteiger charge is 2.01. The number of aliphatic hydroxyl groups is 1. The molecule has 0 aromatic carbocycles. The van der Waals surface area contributed by atoms with Crippen LogP contribution < -0.4 is 0 Å². The Hall–Kier alpha value is -0.120. The third-order valence-corrected chi connectivity index (χ3v) is 2.99. The highest BCUT2D eigenvalue weighted by atomic mass is 16.5. The van der Waals surface area contributed by atoms with E-state index in [9.17, 15) is 0 Å². The Morgan fingerprint density at radius 1 is 0.889 bits per heavy atom. The number of unbranched alkanes of at least 4 members (excludes halogenated alkanes) is 7. The Kier molecular flexibility index (Phi) is 14.8. The molecule has 0 aromatic heterocycles. The van der Waals surface area contributed by atoms with Crippen molar-refractivity contribution < 1.29 is 14.6 Å². The fourth-order valence-corrected chi connectivity index (χ4v) is 1.89. The van der Waals surface area contributed by atoms with Gasteiger partial charge in [-0.2, -0.15) is 0 Å². The number of hydrogen-bond donors (Lipinski definition) is 1. The zero-order valence-electron chi connectivity index (χ0n) is 12.3. The Morgan fingerprint density at radius 2 is 1.50 bits per heavy atom. The van der Waals surface area contributed by atoms with Crippen molar-refractivity contribution >= 4 is 0 Å². The zero-order chi connectivity index (χ0) is 13.5. The van der Waals surface area contributed by atoms with Gasteiger partial charge in [0.1, 0.15) is 0 Å². The predicted octanol–water partition coefficient (Wildman–Crippen LogP) is 3.54. The molecule has 1 N–H and O–H groups in total. The summed E-state index contributed by atoms with van der Waals surface area (Å²) in [4.78, 5) is 0. The molecule has 110 valence electrons. The summed E-state index contributed by atoms with van der Waals surface area (Å²) in [6.45, 7) is 6.19. The van der Waals surface area contributed by atoms with Crippen LogP contribution in [0.1, 0.15) is 65.2 Å². The van der Waals surface area contributed by atoms with E-state index in [1.807, 2.05) is 6.92 Å². The molecular weight excluding hydrogens is 228 g/mol. The summed E-state index contributed by atoms with van der Waals surface area (Å²) in [5.74, 6) is 0. The zero-order valence-corrected chi connectivity index (χ0v) is 12.3. The first-order chi connectivity index (χ1) is 8.81. The van der Waals surface area contributed by atoms with E-state index in [0.29, 0.717) is 13.2 Å². The molecule has 0 aliphatic heterocycles. The molecule has 3 nitrogen and oxygen atoms in total. The standard InChI is InChI=1S/C15H32O3/c1-3-4-5-6-7-8-9-10-12-17-14-15(2)18-13-11-16/h15-16H,3-14H2,1-2H3. The molecule has 0 spiro atoms. The van der Waals surface area contributed by atoms with Gasteiger partial charge in [0.2, 0.25) is 0 Å². The summed E-state index contributed by atoms with van der Waals surface area (Å²) in [5, 5.41) is 8.60. The Balaban J connectivity index is 3.02. The SMILES string of the molecule is CCCCCCCCCCOCC(C)OCCO. The number of ether oxygens (including phenoxy) is 2. The molecule has 0 rings (SSSR count). The fraction of sp³-hybridized carbons (Fsp3) is 1.00. The molecule has 0 heterocycles. The quantitative estimate of drug-likeness (QED) is 0.485. The van der Waals surface area contributed by atoms with Gasteiger partial charge in [0.05, 0.1) is 25.9 Å². The van der Waals surface area contributed by atoms with Gasteiger partial charge in [-0.3, -0.25) is 0 Å². The highest BCUT2D eigenvalue weighted by Crippen LogP contribution is 2.08. The second-order valence-corrected chi connectivity index (χ2v) is 4.95. The van der Waals surface area contributed by atoms with Gasteiger partial charge in [-0.25, -0.2) is 0 Å². The van der Waals surface area contributed by atoms with E-state index < -0.39 is 0 Å². The molecular formula is C15H32O3. The largest absolute Gasteiger partial charge is 0.394 e. The van der Waals surface area contributed by atoms with E-state index >= 15 is 0 Å². The monoisotopic (exact) mass is 260 g/mol.